The molecule has 0 spiro atoms. The maximum absolute atomic E-state index is 12.5. The fourth-order valence-corrected chi connectivity index (χ4v) is 4.54. The van der Waals surface area contributed by atoms with E-state index in [1.807, 2.05) is 32.9 Å². The molecule has 1 aromatic rings. The largest absolute Gasteiger partial charge is 0.218 e. The number of halogens is 1. The van der Waals surface area contributed by atoms with Crippen molar-refractivity contribution in [2.45, 2.75) is 30.5 Å². The lowest BCUT2D eigenvalue weighted by molar-refractivity contribution is 0.603. The second kappa shape index (κ2) is 6.95. The zero-order valence-electron chi connectivity index (χ0n) is 11.6. The number of alkyl halides is 1. The van der Waals surface area contributed by atoms with Crippen molar-refractivity contribution in [3.8, 4) is 0 Å². The van der Waals surface area contributed by atoms with Gasteiger partial charge < -0.3 is 0 Å². The van der Waals surface area contributed by atoms with Gasteiger partial charge >= 0.3 is 0 Å². The molecule has 106 valence electrons. The van der Waals surface area contributed by atoms with E-state index in [0.29, 0.717) is 15.1 Å². The predicted octanol–water partition coefficient (Wildman–Crippen LogP) is 4.39. The summed E-state index contributed by atoms with van der Waals surface area (Å²) in [5, 5.41) is 0. The van der Waals surface area contributed by atoms with Gasteiger partial charge in [0.05, 0.1) is 4.90 Å². The summed E-state index contributed by atoms with van der Waals surface area (Å²) in [5.41, 5.74) is 1.05. The molecule has 2 nitrogen and oxygen atoms in total. The fraction of sp³-hybridized carbons (Fsp3) is 0.429. The van der Waals surface area contributed by atoms with Crippen LogP contribution in [0.1, 0.15) is 19.4 Å². The molecule has 0 aliphatic rings. The van der Waals surface area contributed by atoms with Gasteiger partial charge in [0.15, 0.2) is 0 Å². The summed E-state index contributed by atoms with van der Waals surface area (Å²) in [6.07, 6.45) is 3.57. The summed E-state index contributed by atoms with van der Waals surface area (Å²) in [7, 11) is -3.40. The Hall–Kier alpha value is -0.260. The zero-order valence-corrected chi connectivity index (χ0v) is 14.8. The van der Waals surface area contributed by atoms with Crippen LogP contribution in [0, 0.1) is 12.8 Å². The van der Waals surface area contributed by atoms with Crippen molar-refractivity contribution in [2.75, 3.05) is 6.26 Å². The predicted molar refractivity (Wildman–Crippen MR) is 87.5 cm³/mol. The molecule has 0 bridgehead atoms. The Balaban J connectivity index is 3.19. The van der Waals surface area contributed by atoms with Crippen LogP contribution >= 0.6 is 27.7 Å². The summed E-state index contributed by atoms with van der Waals surface area (Å²) >= 11 is 4.77. The third-order valence-corrected chi connectivity index (χ3v) is 7.31. The molecule has 1 aromatic carbocycles. The first-order chi connectivity index (χ1) is 8.78. The van der Waals surface area contributed by atoms with Gasteiger partial charge in [-0.15, -0.1) is 11.8 Å². The molecule has 0 fully saturated rings. The minimum absolute atomic E-state index is 0.0511. The van der Waals surface area contributed by atoms with Crippen molar-refractivity contribution < 1.29 is 8.42 Å². The van der Waals surface area contributed by atoms with Gasteiger partial charge in [0.2, 0.25) is 9.84 Å². The maximum Gasteiger partial charge on any atom is 0.212 e. The highest BCUT2D eigenvalue weighted by Crippen LogP contribution is 2.29. The van der Waals surface area contributed by atoms with Crippen LogP contribution in [0.15, 0.2) is 39.5 Å². The molecule has 0 amide bonds. The molecule has 1 rings (SSSR count). The first-order valence-electron chi connectivity index (χ1n) is 6.00. The number of rotatable bonds is 5. The van der Waals surface area contributed by atoms with Crippen molar-refractivity contribution in [1.29, 1.82) is 0 Å². The third kappa shape index (κ3) is 4.36. The smallest absolute Gasteiger partial charge is 0.212 e. The lowest BCUT2D eigenvalue weighted by atomic mass is 10.1. The minimum Gasteiger partial charge on any atom is -0.218 e. The van der Waals surface area contributed by atoms with Gasteiger partial charge in [-0.3, -0.25) is 0 Å². The fourth-order valence-electron chi connectivity index (χ4n) is 1.42. The van der Waals surface area contributed by atoms with Gasteiger partial charge in [0.1, 0.15) is 4.24 Å². The monoisotopic (exact) mass is 362 g/mol. The van der Waals surface area contributed by atoms with Gasteiger partial charge in [-0.2, -0.15) is 0 Å². The number of allylic oxidation sites excluding steroid dienone is 1. The first kappa shape index (κ1) is 16.8. The third-order valence-electron chi connectivity index (χ3n) is 2.73. The molecular formula is C14H19BrO2S2. The van der Waals surface area contributed by atoms with E-state index < -0.39 is 9.84 Å². The van der Waals surface area contributed by atoms with Crippen molar-refractivity contribution in [1.82, 2.24) is 0 Å². The van der Waals surface area contributed by atoms with Gasteiger partial charge in [0.25, 0.3) is 0 Å². The molecule has 0 heterocycles. The van der Waals surface area contributed by atoms with E-state index in [0.717, 1.165) is 5.56 Å². The van der Waals surface area contributed by atoms with Gasteiger partial charge in [-0.25, -0.2) is 8.42 Å². The standard InChI is InChI=1S/C14H19BrO2S2/c1-10(2)13(15)9-14(18-4)19(16,17)12-7-5-11(3)6-8-12/h5-10,13H,1-4H3/b14-9+. The quantitative estimate of drug-likeness (QED) is 0.728. The summed E-state index contributed by atoms with van der Waals surface area (Å²) in [6, 6.07) is 6.96. The number of aryl methyl sites for hydroxylation is 1. The van der Waals surface area contributed by atoms with Gasteiger partial charge in [-0.05, 0) is 37.3 Å². The van der Waals surface area contributed by atoms with Crippen molar-refractivity contribution >= 4 is 37.5 Å². The highest BCUT2D eigenvalue weighted by molar-refractivity contribution is 9.09. The molecule has 0 aliphatic heterocycles. The highest BCUT2D eigenvalue weighted by Gasteiger charge is 2.21. The van der Waals surface area contributed by atoms with E-state index in [1.54, 1.807) is 24.5 Å². The number of hydrogen-bond donors (Lipinski definition) is 0. The second-order valence-electron chi connectivity index (χ2n) is 4.69. The van der Waals surface area contributed by atoms with Crippen molar-refractivity contribution in [3.05, 3.63) is 40.1 Å². The summed E-state index contributed by atoms with van der Waals surface area (Å²) in [6.45, 7) is 6.04. The lowest BCUT2D eigenvalue weighted by Crippen LogP contribution is -2.08. The summed E-state index contributed by atoms with van der Waals surface area (Å²) in [4.78, 5) is 0.400. The SMILES string of the molecule is CS/C(=C\C(Br)C(C)C)S(=O)(=O)c1ccc(C)cc1. The number of benzene rings is 1. The molecule has 0 N–H and O–H groups in total. The molecule has 0 saturated carbocycles. The Bertz CT molecular complexity index is 545. The highest BCUT2D eigenvalue weighted by atomic mass is 79.9. The van der Waals surface area contributed by atoms with E-state index >= 15 is 0 Å². The topological polar surface area (TPSA) is 34.1 Å². The van der Waals surface area contributed by atoms with Crippen molar-refractivity contribution in [2.24, 2.45) is 5.92 Å². The molecule has 5 heteroatoms. The Morgan fingerprint density at radius 1 is 1.26 bits per heavy atom. The zero-order chi connectivity index (χ0) is 14.6. The van der Waals surface area contributed by atoms with E-state index in [1.165, 1.54) is 11.8 Å². The van der Waals surface area contributed by atoms with Crippen LogP contribution in [-0.4, -0.2) is 19.5 Å². The van der Waals surface area contributed by atoms with Gasteiger partial charge in [-0.1, -0.05) is 47.5 Å². The molecule has 1 atom stereocenters. The lowest BCUT2D eigenvalue weighted by Gasteiger charge is -2.12. The van der Waals surface area contributed by atoms with E-state index in [-0.39, 0.29) is 4.83 Å². The Morgan fingerprint density at radius 3 is 2.21 bits per heavy atom. The Morgan fingerprint density at radius 2 is 1.79 bits per heavy atom. The van der Waals surface area contributed by atoms with Crippen LogP contribution in [0.3, 0.4) is 0 Å². The van der Waals surface area contributed by atoms with Crippen LogP contribution in [-0.2, 0) is 9.84 Å². The summed E-state index contributed by atoms with van der Waals surface area (Å²) in [5.74, 6) is 0.343. The van der Waals surface area contributed by atoms with Crippen LogP contribution in [0.5, 0.6) is 0 Å². The minimum atomic E-state index is -3.40. The molecule has 19 heavy (non-hydrogen) atoms. The molecular weight excluding hydrogens is 344 g/mol. The van der Waals surface area contributed by atoms with Crippen LogP contribution in [0.2, 0.25) is 0 Å². The molecule has 1 unspecified atom stereocenters. The normalized spacial score (nSPS) is 14.7. The molecule has 0 saturated heterocycles. The maximum atomic E-state index is 12.5. The van der Waals surface area contributed by atoms with E-state index in [9.17, 15) is 8.42 Å². The van der Waals surface area contributed by atoms with Crippen LogP contribution in [0.4, 0.5) is 0 Å². The van der Waals surface area contributed by atoms with E-state index in [2.05, 4.69) is 15.9 Å². The second-order valence-corrected chi connectivity index (χ2v) is 8.78. The average Bonchev–Trinajstić information content (AvgIpc) is 2.35. The first-order valence-corrected chi connectivity index (χ1v) is 9.63. The van der Waals surface area contributed by atoms with E-state index in [4.69, 9.17) is 0 Å². The Labute approximate surface area is 128 Å². The average molecular weight is 363 g/mol. The number of hydrogen-bond acceptors (Lipinski definition) is 3. The number of thioether (sulfide) groups is 1. The van der Waals surface area contributed by atoms with Crippen LogP contribution < -0.4 is 0 Å². The number of sulfone groups is 1. The molecule has 0 aromatic heterocycles. The van der Waals surface area contributed by atoms with Crippen LogP contribution in [0.25, 0.3) is 0 Å². The van der Waals surface area contributed by atoms with Crippen molar-refractivity contribution in [3.63, 3.8) is 0 Å². The molecule has 0 radical (unpaired) electrons. The molecule has 0 aliphatic carbocycles. The summed E-state index contributed by atoms with van der Waals surface area (Å²) < 4.78 is 25.4. The van der Waals surface area contributed by atoms with Gasteiger partial charge in [0, 0.05) is 4.83 Å². The Kier molecular flexibility index (Phi) is 6.15.